The Morgan fingerprint density at radius 2 is 1.80 bits per heavy atom. The summed E-state index contributed by atoms with van der Waals surface area (Å²) in [6, 6.07) is 7.53. The van der Waals surface area contributed by atoms with Gasteiger partial charge in [0.2, 0.25) is 0 Å². The molecule has 2 aromatic rings. The number of hydrogen-bond acceptors (Lipinski definition) is 4. The normalized spacial score (nSPS) is 11.2. The molecule has 0 spiro atoms. The largest absolute Gasteiger partial charge is 0.497 e. The number of benzene rings is 1. The molecule has 0 bridgehead atoms. The quantitative estimate of drug-likeness (QED) is 0.930. The third-order valence-electron chi connectivity index (χ3n) is 3.16. The number of aliphatic hydroxyl groups is 1. The standard InChI is InChI=1S/C16H19NO3/c1-16(2,18)12-7-11(9-17-10-12)14-6-5-13(19-3)8-15(14)20-4/h5-10,18H,1-4H3. The fourth-order valence-electron chi connectivity index (χ4n) is 1.96. The molecule has 0 radical (unpaired) electrons. The van der Waals surface area contributed by atoms with Crippen molar-refractivity contribution in [2.45, 2.75) is 19.4 Å². The molecule has 4 heteroatoms. The molecule has 20 heavy (non-hydrogen) atoms. The predicted octanol–water partition coefficient (Wildman–Crippen LogP) is 2.99. The van der Waals surface area contributed by atoms with Gasteiger partial charge in [0.25, 0.3) is 0 Å². The van der Waals surface area contributed by atoms with E-state index >= 15 is 0 Å². The summed E-state index contributed by atoms with van der Waals surface area (Å²) in [5.41, 5.74) is 1.63. The first-order valence-corrected chi connectivity index (χ1v) is 6.36. The van der Waals surface area contributed by atoms with Crippen molar-refractivity contribution in [1.82, 2.24) is 4.98 Å². The van der Waals surface area contributed by atoms with E-state index in [1.165, 1.54) is 0 Å². The molecule has 0 amide bonds. The second kappa shape index (κ2) is 5.51. The molecule has 1 N–H and O–H groups in total. The molecule has 0 aliphatic carbocycles. The minimum Gasteiger partial charge on any atom is -0.497 e. The van der Waals surface area contributed by atoms with E-state index in [1.807, 2.05) is 24.3 Å². The van der Waals surface area contributed by atoms with Crippen LogP contribution in [0.5, 0.6) is 11.5 Å². The second-order valence-corrected chi connectivity index (χ2v) is 5.09. The lowest BCUT2D eigenvalue weighted by atomic mass is 9.96. The minimum absolute atomic E-state index is 0.707. The van der Waals surface area contributed by atoms with Crippen molar-refractivity contribution in [2.75, 3.05) is 14.2 Å². The monoisotopic (exact) mass is 273 g/mol. The van der Waals surface area contributed by atoms with Gasteiger partial charge in [0, 0.05) is 35.2 Å². The highest BCUT2D eigenvalue weighted by molar-refractivity contribution is 5.71. The first kappa shape index (κ1) is 14.3. The zero-order valence-electron chi connectivity index (χ0n) is 12.2. The van der Waals surface area contributed by atoms with E-state index in [9.17, 15) is 5.11 Å². The molecular weight excluding hydrogens is 254 g/mol. The van der Waals surface area contributed by atoms with Crippen LogP contribution in [0.25, 0.3) is 11.1 Å². The molecule has 2 rings (SSSR count). The maximum absolute atomic E-state index is 10.1. The Morgan fingerprint density at radius 3 is 2.40 bits per heavy atom. The van der Waals surface area contributed by atoms with E-state index in [2.05, 4.69) is 4.98 Å². The van der Waals surface area contributed by atoms with Crippen LogP contribution in [0.4, 0.5) is 0 Å². The highest BCUT2D eigenvalue weighted by Crippen LogP contribution is 2.34. The smallest absolute Gasteiger partial charge is 0.130 e. The summed E-state index contributed by atoms with van der Waals surface area (Å²) in [6.45, 7) is 3.47. The third kappa shape index (κ3) is 2.91. The van der Waals surface area contributed by atoms with Crippen LogP contribution in [0.3, 0.4) is 0 Å². The number of hydrogen-bond donors (Lipinski definition) is 1. The number of methoxy groups -OCH3 is 2. The third-order valence-corrected chi connectivity index (χ3v) is 3.16. The Morgan fingerprint density at radius 1 is 1.05 bits per heavy atom. The maximum Gasteiger partial charge on any atom is 0.130 e. The number of nitrogens with zero attached hydrogens (tertiary/aromatic N) is 1. The Labute approximate surface area is 119 Å². The van der Waals surface area contributed by atoms with Crippen LogP contribution in [-0.4, -0.2) is 24.3 Å². The van der Waals surface area contributed by atoms with Crippen LogP contribution < -0.4 is 9.47 Å². The molecule has 0 aliphatic heterocycles. The molecule has 1 aromatic heterocycles. The van der Waals surface area contributed by atoms with E-state index in [0.29, 0.717) is 5.75 Å². The van der Waals surface area contributed by atoms with Crippen molar-refractivity contribution in [2.24, 2.45) is 0 Å². The van der Waals surface area contributed by atoms with Crippen LogP contribution in [0.15, 0.2) is 36.7 Å². The molecule has 0 saturated carbocycles. The molecular formula is C16H19NO3. The van der Waals surface area contributed by atoms with Crippen molar-refractivity contribution in [1.29, 1.82) is 0 Å². The zero-order valence-corrected chi connectivity index (χ0v) is 12.2. The van der Waals surface area contributed by atoms with Crippen molar-refractivity contribution in [3.05, 3.63) is 42.2 Å². The molecule has 4 nitrogen and oxygen atoms in total. The topological polar surface area (TPSA) is 51.6 Å². The summed E-state index contributed by atoms with van der Waals surface area (Å²) >= 11 is 0. The Kier molecular flexibility index (Phi) is 3.95. The van der Waals surface area contributed by atoms with E-state index in [0.717, 1.165) is 22.4 Å². The average molecular weight is 273 g/mol. The van der Waals surface area contributed by atoms with Gasteiger partial charge < -0.3 is 14.6 Å². The van der Waals surface area contributed by atoms with E-state index in [4.69, 9.17) is 9.47 Å². The summed E-state index contributed by atoms with van der Waals surface area (Å²) in [4.78, 5) is 4.20. The summed E-state index contributed by atoms with van der Waals surface area (Å²) in [7, 11) is 3.23. The molecule has 106 valence electrons. The Balaban J connectivity index is 2.51. The number of pyridine rings is 1. The fourth-order valence-corrected chi connectivity index (χ4v) is 1.96. The van der Waals surface area contributed by atoms with Gasteiger partial charge in [0.05, 0.1) is 19.8 Å². The van der Waals surface area contributed by atoms with Gasteiger partial charge in [-0.25, -0.2) is 0 Å². The molecule has 0 fully saturated rings. The predicted molar refractivity (Wildman–Crippen MR) is 78.0 cm³/mol. The van der Waals surface area contributed by atoms with Gasteiger partial charge in [-0.1, -0.05) is 0 Å². The van der Waals surface area contributed by atoms with Gasteiger partial charge in [-0.15, -0.1) is 0 Å². The first-order chi connectivity index (χ1) is 9.45. The maximum atomic E-state index is 10.1. The molecule has 0 unspecified atom stereocenters. The molecule has 1 heterocycles. The van der Waals surface area contributed by atoms with Gasteiger partial charge in [-0.05, 0) is 32.0 Å². The highest BCUT2D eigenvalue weighted by Gasteiger charge is 2.18. The van der Waals surface area contributed by atoms with Crippen molar-refractivity contribution in [3.63, 3.8) is 0 Å². The van der Waals surface area contributed by atoms with Crippen LogP contribution in [-0.2, 0) is 5.60 Å². The Bertz CT molecular complexity index is 603. The summed E-state index contributed by atoms with van der Waals surface area (Å²) in [5, 5.41) is 10.1. The first-order valence-electron chi connectivity index (χ1n) is 6.36. The lowest BCUT2D eigenvalue weighted by molar-refractivity contribution is 0.0783. The lowest BCUT2D eigenvalue weighted by Crippen LogP contribution is -2.15. The Hall–Kier alpha value is -2.07. The van der Waals surface area contributed by atoms with E-state index in [1.54, 1.807) is 40.5 Å². The van der Waals surface area contributed by atoms with Crippen molar-refractivity contribution < 1.29 is 14.6 Å². The van der Waals surface area contributed by atoms with E-state index in [-0.39, 0.29) is 0 Å². The lowest BCUT2D eigenvalue weighted by Gasteiger charge is -2.18. The SMILES string of the molecule is COc1ccc(-c2cncc(C(C)(C)O)c2)c(OC)c1. The molecule has 1 aromatic carbocycles. The van der Waals surface area contributed by atoms with Gasteiger partial charge in [-0.2, -0.15) is 0 Å². The zero-order chi connectivity index (χ0) is 14.8. The summed E-state index contributed by atoms with van der Waals surface area (Å²) in [5.74, 6) is 1.44. The summed E-state index contributed by atoms with van der Waals surface area (Å²) in [6.07, 6.45) is 3.42. The van der Waals surface area contributed by atoms with Gasteiger partial charge in [0.15, 0.2) is 0 Å². The summed E-state index contributed by atoms with van der Waals surface area (Å²) < 4.78 is 10.6. The highest BCUT2D eigenvalue weighted by atomic mass is 16.5. The number of aromatic nitrogens is 1. The van der Waals surface area contributed by atoms with Crippen molar-refractivity contribution in [3.8, 4) is 22.6 Å². The molecule has 0 saturated heterocycles. The molecule has 0 atom stereocenters. The van der Waals surface area contributed by atoms with Gasteiger partial charge in [-0.3, -0.25) is 4.98 Å². The number of ether oxygens (including phenoxy) is 2. The van der Waals surface area contributed by atoms with Crippen LogP contribution in [0.1, 0.15) is 19.4 Å². The number of rotatable bonds is 4. The second-order valence-electron chi connectivity index (χ2n) is 5.09. The fraction of sp³-hybridized carbons (Fsp3) is 0.312. The van der Waals surface area contributed by atoms with Gasteiger partial charge >= 0.3 is 0 Å². The van der Waals surface area contributed by atoms with Crippen LogP contribution in [0, 0.1) is 0 Å². The molecule has 0 aliphatic rings. The average Bonchev–Trinajstić information content (AvgIpc) is 2.45. The van der Waals surface area contributed by atoms with Crippen molar-refractivity contribution >= 4 is 0 Å². The van der Waals surface area contributed by atoms with Crippen LogP contribution >= 0.6 is 0 Å². The minimum atomic E-state index is -0.928. The van der Waals surface area contributed by atoms with Crippen LogP contribution in [0.2, 0.25) is 0 Å². The van der Waals surface area contributed by atoms with E-state index < -0.39 is 5.60 Å². The van der Waals surface area contributed by atoms with Gasteiger partial charge in [0.1, 0.15) is 11.5 Å².